The number of carbonyl (C=O) groups is 1. The highest BCUT2D eigenvalue weighted by Crippen LogP contribution is 2.72. The molecule has 0 radical (unpaired) electrons. The van der Waals surface area contributed by atoms with Crippen molar-refractivity contribution in [3.05, 3.63) is 47.2 Å². The number of nitrogens with zero attached hydrogens (tertiary/aromatic N) is 3. The maximum Gasteiger partial charge on any atom is 0.255 e. The van der Waals surface area contributed by atoms with Crippen LogP contribution in [0, 0.1) is 29.4 Å². The van der Waals surface area contributed by atoms with Gasteiger partial charge in [0.05, 0.1) is 29.0 Å². The number of amides is 1. The monoisotopic (exact) mass is 435 g/mol. The number of aliphatic hydroxyl groups is 1. The molecule has 0 bridgehead atoms. The van der Waals surface area contributed by atoms with Gasteiger partial charge in [0, 0.05) is 0 Å². The molecule has 1 N–H and O–H groups in total. The molecule has 2 saturated carbocycles. The fourth-order valence-corrected chi connectivity index (χ4v) is 6.21. The smallest absolute Gasteiger partial charge is 0.255 e. The van der Waals surface area contributed by atoms with Crippen LogP contribution in [0.25, 0.3) is 11.3 Å². The summed E-state index contributed by atoms with van der Waals surface area (Å²) in [5, 5.41) is 17.8. The first-order chi connectivity index (χ1) is 14.8. The molecule has 5 nitrogen and oxygen atoms in total. The van der Waals surface area contributed by atoms with Crippen molar-refractivity contribution >= 4 is 5.91 Å². The van der Waals surface area contributed by atoms with E-state index in [2.05, 4.69) is 10.2 Å². The number of carbonyl (C=O) groups excluding carboxylic acids is 1. The topological polar surface area (TPSA) is 66.3 Å². The van der Waals surface area contributed by atoms with Gasteiger partial charge in [-0.25, -0.2) is 17.6 Å². The van der Waals surface area contributed by atoms with Crippen LogP contribution in [0.15, 0.2) is 24.3 Å². The zero-order chi connectivity index (χ0) is 22.1. The molecule has 0 aliphatic heterocycles. The van der Waals surface area contributed by atoms with Gasteiger partial charge in [-0.15, -0.1) is 5.10 Å². The van der Waals surface area contributed by atoms with Crippen molar-refractivity contribution in [2.45, 2.75) is 37.6 Å². The Bertz CT molecular complexity index is 1040. The van der Waals surface area contributed by atoms with Gasteiger partial charge >= 0.3 is 0 Å². The number of aliphatic hydroxyl groups excluding tert-OH is 1. The fourth-order valence-electron chi connectivity index (χ4n) is 6.21. The Morgan fingerprint density at radius 1 is 1.29 bits per heavy atom. The lowest BCUT2D eigenvalue weighted by Gasteiger charge is -2.71. The number of fused-ring (bicyclic) bond motifs is 2. The van der Waals surface area contributed by atoms with Crippen molar-refractivity contribution in [2.75, 3.05) is 13.2 Å². The van der Waals surface area contributed by atoms with E-state index in [9.17, 15) is 27.5 Å². The number of aromatic nitrogens is 2. The maximum absolute atomic E-state index is 14.3. The Balaban J connectivity index is 1.67. The van der Waals surface area contributed by atoms with E-state index in [0.29, 0.717) is 23.6 Å². The quantitative estimate of drug-likeness (QED) is 0.731. The summed E-state index contributed by atoms with van der Waals surface area (Å²) in [6, 6.07) is 5.09. The van der Waals surface area contributed by atoms with E-state index in [4.69, 9.17) is 0 Å². The average Bonchev–Trinajstić information content (AvgIpc) is 2.71. The average molecular weight is 435 g/mol. The fraction of sp³-hybridized carbons (Fsp3) is 0.500. The summed E-state index contributed by atoms with van der Waals surface area (Å²) in [6.07, 6.45) is -1.41. The molecule has 0 spiro atoms. The van der Waals surface area contributed by atoms with Crippen LogP contribution in [-0.2, 0) is 10.3 Å². The summed E-state index contributed by atoms with van der Waals surface area (Å²) in [7, 11) is 0. The lowest BCUT2D eigenvalue weighted by Crippen LogP contribution is -2.73. The maximum atomic E-state index is 14.3. The molecule has 1 heterocycles. The van der Waals surface area contributed by atoms with E-state index < -0.39 is 42.7 Å². The van der Waals surface area contributed by atoms with Crippen molar-refractivity contribution < 1.29 is 27.5 Å². The Hall–Kier alpha value is -2.55. The van der Waals surface area contributed by atoms with E-state index in [-0.39, 0.29) is 29.0 Å². The molecule has 1 aromatic heterocycles. The van der Waals surface area contributed by atoms with E-state index in [0.717, 1.165) is 23.5 Å². The molecule has 3 aliphatic carbocycles. The van der Waals surface area contributed by atoms with Crippen LogP contribution in [0.1, 0.15) is 36.9 Å². The number of halogens is 4. The summed E-state index contributed by atoms with van der Waals surface area (Å²) >= 11 is 0. The van der Waals surface area contributed by atoms with E-state index in [1.807, 2.05) is 6.92 Å². The van der Waals surface area contributed by atoms with Gasteiger partial charge in [-0.2, -0.15) is 5.10 Å². The molecule has 2 fully saturated rings. The molecule has 3 aliphatic rings. The van der Waals surface area contributed by atoms with Crippen LogP contribution in [0.3, 0.4) is 0 Å². The minimum atomic E-state index is -2.77. The third-order valence-corrected chi connectivity index (χ3v) is 7.49. The molecule has 2 aromatic rings. The molecule has 5 rings (SSSR count). The predicted octanol–water partition coefficient (Wildman–Crippen LogP) is 3.48. The Labute approximate surface area is 176 Å². The Kier molecular flexibility index (Phi) is 4.58. The zero-order valence-electron chi connectivity index (χ0n) is 16.7. The zero-order valence-corrected chi connectivity index (χ0v) is 16.7. The number of benzene rings is 1. The largest absolute Gasteiger partial charge is 0.387 e. The van der Waals surface area contributed by atoms with Gasteiger partial charge in [-0.3, -0.25) is 4.79 Å². The van der Waals surface area contributed by atoms with Gasteiger partial charge in [0.2, 0.25) is 5.91 Å². The molecule has 1 amide bonds. The SMILES string of the molecule is C[C@@H]1c2cc(-c3c(F)cccc3F)nnc2[C@]2(N(CC(F)F)C(=O)CO)CC3CC1C32. The van der Waals surface area contributed by atoms with Crippen molar-refractivity contribution in [1.82, 2.24) is 15.1 Å². The third kappa shape index (κ3) is 2.68. The lowest BCUT2D eigenvalue weighted by molar-refractivity contribution is -0.217. The second kappa shape index (κ2) is 6.98. The number of rotatable bonds is 5. The van der Waals surface area contributed by atoms with Crippen LogP contribution >= 0.6 is 0 Å². The van der Waals surface area contributed by atoms with Crippen LogP contribution in [0.5, 0.6) is 0 Å². The predicted molar refractivity (Wildman–Crippen MR) is 102 cm³/mol. The molecule has 3 unspecified atom stereocenters. The Morgan fingerprint density at radius 3 is 2.61 bits per heavy atom. The highest BCUT2D eigenvalue weighted by atomic mass is 19.3. The second-order valence-electron chi connectivity index (χ2n) is 8.79. The first kappa shape index (κ1) is 20.4. The van der Waals surface area contributed by atoms with Crippen molar-refractivity contribution in [3.63, 3.8) is 0 Å². The van der Waals surface area contributed by atoms with Gasteiger partial charge in [-0.05, 0) is 60.3 Å². The van der Waals surface area contributed by atoms with E-state index in [1.165, 1.54) is 6.07 Å². The summed E-state index contributed by atoms with van der Waals surface area (Å²) in [4.78, 5) is 13.6. The minimum absolute atomic E-state index is 0.0219. The van der Waals surface area contributed by atoms with Crippen LogP contribution in [0.2, 0.25) is 0 Å². The highest BCUT2D eigenvalue weighted by molar-refractivity contribution is 5.79. The first-order valence-electron chi connectivity index (χ1n) is 10.3. The summed E-state index contributed by atoms with van der Waals surface area (Å²) < 4.78 is 55.4. The van der Waals surface area contributed by atoms with Crippen molar-refractivity contribution in [1.29, 1.82) is 0 Å². The Morgan fingerprint density at radius 2 is 2.00 bits per heavy atom. The third-order valence-electron chi connectivity index (χ3n) is 7.49. The second-order valence-corrected chi connectivity index (χ2v) is 8.79. The number of hydrogen-bond acceptors (Lipinski definition) is 4. The summed E-state index contributed by atoms with van der Waals surface area (Å²) in [5.41, 5.74) is -0.265. The van der Waals surface area contributed by atoms with Gasteiger partial charge < -0.3 is 10.0 Å². The minimum Gasteiger partial charge on any atom is -0.387 e. The first-order valence-corrected chi connectivity index (χ1v) is 10.3. The van der Waals surface area contributed by atoms with E-state index in [1.54, 1.807) is 6.07 Å². The number of alkyl halides is 2. The van der Waals surface area contributed by atoms with Gasteiger partial charge in [-0.1, -0.05) is 13.0 Å². The normalized spacial score (nSPS) is 30.2. The highest BCUT2D eigenvalue weighted by Gasteiger charge is 2.71. The van der Waals surface area contributed by atoms with Gasteiger partial charge in [0.15, 0.2) is 0 Å². The lowest BCUT2D eigenvalue weighted by atomic mass is 9.37. The molecule has 9 heteroatoms. The van der Waals surface area contributed by atoms with Gasteiger partial charge in [0.1, 0.15) is 18.2 Å². The summed E-state index contributed by atoms with van der Waals surface area (Å²) in [5.74, 6) is -1.94. The van der Waals surface area contributed by atoms with Crippen LogP contribution in [-0.4, -0.2) is 45.7 Å². The molecular weight excluding hydrogens is 414 g/mol. The molecule has 31 heavy (non-hydrogen) atoms. The summed E-state index contributed by atoms with van der Waals surface area (Å²) in [6.45, 7) is 0.290. The molecule has 1 aromatic carbocycles. The van der Waals surface area contributed by atoms with Gasteiger partial charge in [0.25, 0.3) is 6.43 Å². The van der Waals surface area contributed by atoms with E-state index >= 15 is 0 Å². The number of hydrogen-bond donors (Lipinski definition) is 1. The van der Waals surface area contributed by atoms with Crippen LogP contribution < -0.4 is 0 Å². The van der Waals surface area contributed by atoms with Crippen molar-refractivity contribution in [3.8, 4) is 11.3 Å². The molecule has 5 atom stereocenters. The molecule has 0 saturated heterocycles. The van der Waals surface area contributed by atoms with Crippen LogP contribution in [0.4, 0.5) is 17.6 Å². The standard InChI is InChI=1S/C22H21F4N3O2/c1-10-12-5-11-7-22(20(11)12,29(8-17(25)26)18(31)9-30)21-13(10)6-16(27-28-21)19-14(23)3-2-4-15(19)24/h2-4,6,10-12,17,20,30H,5,7-9H2,1H3/t10-,11?,12?,20?,22-/m0/s1. The molecule has 164 valence electrons. The molecular formula is C22H21F4N3O2. The van der Waals surface area contributed by atoms with Crippen molar-refractivity contribution in [2.24, 2.45) is 17.8 Å².